The third-order valence-corrected chi connectivity index (χ3v) is 0. The molecule has 0 aliphatic heterocycles. The van der Waals surface area contributed by atoms with Gasteiger partial charge >= 0.3 is 0 Å². The summed E-state index contributed by atoms with van der Waals surface area (Å²) in [6, 6.07) is 0. The molecule has 0 aromatic heterocycles. The van der Waals surface area contributed by atoms with Crippen LogP contribution in [0.3, 0.4) is 0 Å². The Kier molecular flexibility index (Phi) is 369. The summed E-state index contributed by atoms with van der Waals surface area (Å²) in [6.07, 6.45) is 0. The zero-order valence-electron chi connectivity index (χ0n) is 3.49. The van der Waals surface area contributed by atoms with Gasteiger partial charge in [-0.1, -0.05) is 0 Å². The lowest BCUT2D eigenvalue weighted by molar-refractivity contribution is 1.07. The molecule has 0 amide bonds. The Morgan fingerprint density at radius 3 is 0.714 bits per heavy atom. The highest BCUT2D eigenvalue weighted by Gasteiger charge is 1.29. The van der Waals surface area contributed by atoms with E-state index in [4.69, 9.17) is 0 Å². The van der Waals surface area contributed by atoms with Gasteiger partial charge in [-0.15, -0.1) is 49.6 Å². The molecule has 0 radical (unpaired) electrons. The molecule has 0 fully saturated rings. The van der Waals surface area contributed by atoms with E-state index < -0.39 is 0 Å². The maximum atomic E-state index is 4.62. The van der Waals surface area contributed by atoms with Crippen LogP contribution in [0, 0.1) is 0 Å². The summed E-state index contributed by atoms with van der Waals surface area (Å²) in [7, 11) is 0. The van der Waals surface area contributed by atoms with Crippen LogP contribution in [0.1, 0.15) is 0 Å². The summed E-state index contributed by atoms with van der Waals surface area (Å²) in [6.45, 7) is 0.250. The lowest BCUT2D eigenvalue weighted by atomic mass is 11.3. The van der Waals surface area contributed by atoms with Crippen molar-refractivity contribution < 1.29 is 0 Å². The quantitative estimate of drug-likeness (QED) is 0.550. The van der Waals surface area contributed by atoms with E-state index >= 15 is 0 Å². The van der Waals surface area contributed by atoms with E-state index in [2.05, 4.69) is 11.5 Å². The molecule has 0 spiro atoms. The summed E-state index contributed by atoms with van der Waals surface area (Å²) in [5, 5.41) is 0. The van der Waals surface area contributed by atoms with E-state index in [-0.39, 0.29) is 56.3 Å². The van der Waals surface area contributed by atoms with Crippen molar-refractivity contribution in [2.45, 2.75) is 0 Å². The highest BCUT2D eigenvalue weighted by Crippen LogP contribution is 0.861. The maximum Gasteiger partial charge on any atom is 0.0403 e. The molecular weight excluding hydrogens is 182 g/mol. The molecule has 2 nitrogen and oxygen atoms in total. The number of nitrogens with two attached hydrogens (primary N) is 2. The molecule has 0 aliphatic rings. The van der Waals surface area contributed by atoms with Crippen molar-refractivity contribution in [2.24, 2.45) is 11.5 Å². The fourth-order valence-corrected chi connectivity index (χ4v) is 0. The van der Waals surface area contributed by atoms with Crippen molar-refractivity contribution in [1.82, 2.24) is 0 Å². The molecule has 0 aromatic carbocycles. The highest BCUT2D eigenvalue weighted by molar-refractivity contribution is 5.86. The van der Waals surface area contributed by atoms with Crippen LogP contribution in [0.4, 0.5) is 0 Å². The topological polar surface area (TPSA) is 52.0 Å². The summed E-state index contributed by atoms with van der Waals surface area (Å²) in [5.41, 5.74) is 9.25. The van der Waals surface area contributed by atoms with Gasteiger partial charge in [0.1, 0.15) is 0 Å². The van der Waals surface area contributed by atoms with Crippen LogP contribution < -0.4 is 11.5 Å². The first-order valence-electron chi connectivity index (χ1n) is 0.816. The molecule has 4 N–H and O–H groups in total. The fraction of sp³-hybridized carbons (Fsp3) is 1.00. The molecule has 6 heteroatoms. The minimum Gasteiger partial charge on any atom is -0.319 e. The number of rotatable bonds is 0. The molecule has 0 saturated carbocycles. The van der Waals surface area contributed by atoms with Gasteiger partial charge in [0.2, 0.25) is 0 Å². The van der Waals surface area contributed by atoms with E-state index in [0.717, 1.165) is 0 Å². The molecule has 0 bridgehead atoms. The van der Waals surface area contributed by atoms with Gasteiger partial charge in [-0.3, -0.25) is 0 Å². The Bertz CT molecular complexity index is 9.65. The molecule has 0 heterocycles. The number of hydrogen-bond donors (Lipinski definition) is 2. The van der Waals surface area contributed by atoms with Gasteiger partial charge in [-0.05, 0) is 0 Å². The first-order valence-corrected chi connectivity index (χ1v) is 0.816. The molecule has 0 saturated heterocycles. The zero-order valence-corrected chi connectivity index (χ0v) is 6.76. The van der Waals surface area contributed by atoms with E-state index in [1.165, 1.54) is 0 Å². The van der Waals surface area contributed by atoms with Crippen LogP contribution in [-0.4, -0.2) is 6.67 Å². The second-order valence-electron chi connectivity index (χ2n) is 0.236. The number of halogens is 4. The van der Waals surface area contributed by atoms with E-state index in [9.17, 15) is 0 Å². The summed E-state index contributed by atoms with van der Waals surface area (Å²) < 4.78 is 0. The van der Waals surface area contributed by atoms with Gasteiger partial charge in [-0.25, -0.2) is 0 Å². The van der Waals surface area contributed by atoms with Crippen LogP contribution in [0.5, 0.6) is 0 Å². The predicted molar refractivity (Wildman–Crippen MR) is 42.2 cm³/mol. The van der Waals surface area contributed by atoms with Crippen molar-refractivity contribution in [3.63, 3.8) is 0 Å². The molecule has 0 aliphatic carbocycles. The lowest BCUT2D eigenvalue weighted by Gasteiger charge is -1.56. The maximum absolute atomic E-state index is 4.62. The summed E-state index contributed by atoms with van der Waals surface area (Å²) >= 11 is 0. The standard InChI is InChI=1S/CH6N2.4ClH/c2-1-3;;;;/h1-3H2;4*1H. The number of hydrogen-bond acceptors (Lipinski definition) is 2. The van der Waals surface area contributed by atoms with Gasteiger partial charge in [0.15, 0.2) is 0 Å². The van der Waals surface area contributed by atoms with Gasteiger partial charge in [0, 0.05) is 6.67 Å². The minimum absolute atomic E-state index is 0. The monoisotopic (exact) mass is 190 g/mol. The molecule has 0 atom stereocenters. The molecule has 0 unspecified atom stereocenters. The first kappa shape index (κ1) is 42.7. The zero-order chi connectivity index (χ0) is 2.71. The van der Waals surface area contributed by atoms with Gasteiger partial charge in [0.05, 0.1) is 0 Å². The third-order valence-electron chi connectivity index (χ3n) is 0. The largest absolute Gasteiger partial charge is 0.319 e. The van der Waals surface area contributed by atoms with Crippen LogP contribution in [0.15, 0.2) is 0 Å². The Morgan fingerprint density at radius 1 is 0.714 bits per heavy atom. The second-order valence-corrected chi connectivity index (χ2v) is 0.236. The first-order chi connectivity index (χ1) is 1.41. The van der Waals surface area contributed by atoms with E-state index in [0.29, 0.717) is 0 Å². The SMILES string of the molecule is Cl.Cl.Cl.Cl.NCN. The summed E-state index contributed by atoms with van der Waals surface area (Å²) in [5.74, 6) is 0. The Morgan fingerprint density at radius 2 is 0.714 bits per heavy atom. The van der Waals surface area contributed by atoms with Gasteiger partial charge < -0.3 is 11.5 Å². The average molecular weight is 192 g/mol. The molecule has 0 rings (SSSR count). The van der Waals surface area contributed by atoms with Crippen LogP contribution >= 0.6 is 49.6 Å². The van der Waals surface area contributed by atoms with Crippen LogP contribution in [-0.2, 0) is 0 Å². The van der Waals surface area contributed by atoms with Crippen molar-refractivity contribution in [3.8, 4) is 0 Å². The summed E-state index contributed by atoms with van der Waals surface area (Å²) in [4.78, 5) is 0. The predicted octanol–water partition coefficient (Wildman–Crippen LogP) is 0.549. The smallest absolute Gasteiger partial charge is 0.0403 e. The van der Waals surface area contributed by atoms with E-state index in [1.54, 1.807) is 0 Å². The highest BCUT2D eigenvalue weighted by atomic mass is 35.5. The molecule has 52 valence electrons. The van der Waals surface area contributed by atoms with Crippen molar-refractivity contribution in [3.05, 3.63) is 0 Å². The third kappa shape index (κ3) is 157. The van der Waals surface area contributed by atoms with Crippen LogP contribution in [0.25, 0.3) is 0 Å². The fourth-order valence-electron chi connectivity index (χ4n) is 0. The molecule has 7 heavy (non-hydrogen) atoms. The lowest BCUT2D eigenvalue weighted by Crippen LogP contribution is -2.08. The van der Waals surface area contributed by atoms with Crippen molar-refractivity contribution in [1.29, 1.82) is 0 Å². The Hall–Kier alpha value is 1.08. The van der Waals surface area contributed by atoms with Gasteiger partial charge in [-0.2, -0.15) is 0 Å². The van der Waals surface area contributed by atoms with E-state index in [1.807, 2.05) is 0 Å². The normalized spacial score (nSPS) is 2.57. The van der Waals surface area contributed by atoms with Crippen molar-refractivity contribution in [2.75, 3.05) is 6.67 Å². The Balaban J connectivity index is -0.00000000333. The van der Waals surface area contributed by atoms with Crippen molar-refractivity contribution >= 4 is 49.6 Å². The Labute approximate surface area is 68.0 Å². The van der Waals surface area contributed by atoms with Gasteiger partial charge in [0.25, 0.3) is 0 Å². The second kappa shape index (κ2) is 60.5. The molecular formula is CH10Cl4N2. The minimum atomic E-state index is 0. The average Bonchev–Trinajstić information content (AvgIpc) is 0.918. The van der Waals surface area contributed by atoms with Crippen LogP contribution in [0.2, 0.25) is 0 Å². The molecule has 0 aromatic rings.